The number of aliphatic hydroxyl groups is 1. The maximum atomic E-state index is 9.18. The Morgan fingerprint density at radius 3 is 2.62 bits per heavy atom. The molecule has 4 heteroatoms. The number of nitrogens with one attached hydrogen (secondary N) is 1. The monoisotopic (exact) mass is 219 g/mol. The lowest BCUT2D eigenvalue weighted by molar-refractivity contribution is 0.249. The standard InChI is InChI=1S/C12H17N3O/c1-8(2)12(7-16)15-10-4-3-9(6-13)11(14)5-10/h3-5,8,12,15-16H,7,14H2,1-2H3. The number of nitrogen functional groups attached to an aromatic ring is 1. The van der Waals surface area contributed by atoms with Gasteiger partial charge < -0.3 is 16.2 Å². The predicted octanol–water partition coefficient (Wildman–Crippen LogP) is 1.57. The fraction of sp³-hybridized carbons (Fsp3) is 0.417. The highest BCUT2D eigenvalue weighted by atomic mass is 16.3. The summed E-state index contributed by atoms with van der Waals surface area (Å²) in [5.41, 5.74) is 7.44. The van der Waals surface area contributed by atoms with Crippen molar-refractivity contribution in [2.75, 3.05) is 17.7 Å². The minimum absolute atomic E-state index is 0.00710. The number of rotatable bonds is 4. The summed E-state index contributed by atoms with van der Waals surface area (Å²) in [7, 11) is 0. The Bertz CT molecular complexity index is 396. The zero-order valence-corrected chi connectivity index (χ0v) is 9.57. The van der Waals surface area contributed by atoms with Gasteiger partial charge >= 0.3 is 0 Å². The molecule has 0 spiro atoms. The summed E-state index contributed by atoms with van der Waals surface area (Å²) < 4.78 is 0. The molecule has 0 aromatic heterocycles. The molecular weight excluding hydrogens is 202 g/mol. The molecule has 0 bridgehead atoms. The van der Waals surface area contributed by atoms with Gasteiger partial charge in [0.1, 0.15) is 6.07 Å². The molecule has 1 unspecified atom stereocenters. The van der Waals surface area contributed by atoms with E-state index in [9.17, 15) is 5.11 Å². The van der Waals surface area contributed by atoms with Crippen molar-refractivity contribution >= 4 is 11.4 Å². The maximum absolute atomic E-state index is 9.18. The normalized spacial score (nSPS) is 12.2. The third kappa shape index (κ3) is 2.88. The number of hydrogen-bond acceptors (Lipinski definition) is 4. The molecule has 0 fully saturated rings. The highest BCUT2D eigenvalue weighted by molar-refractivity contribution is 5.62. The van der Waals surface area contributed by atoms with Crippen LogP contribution in [0.4, 0.5) is 11.4 Å². The smallest absolute Gasteiger partial charge is 0.101 e. The summed E-state index contributed by atoms with van der Waals surface area (Å²) in [6.45, 7) is 4.12. The molecule has 1 rings (SSSR count). The summed E-state index contributed by atoms with van der Waals surface area (Å²) >= 11 is 0. The first kappa shape index (κ1) is 12.3. The molecule has 4 N–H and O–H groups in total. The molecule has 0 aliphatic carbocycles. The van der Waals surface area contributed by atoms with Gasteiger partial charge in [-0.05, 0) is 24.1 Å². The Balaban J connectivity index is 2.83. The topological polar surface area (TPSA) is 82.1 Å². The zero-order chi connectivity index (χ0) is 12.1. The van der Waals surface area contributed by atoms with Crippen molar-refractivity contribution in [3.63, 3.8) is 0 Å². The van der Waals surface area contributed by atoms with E-state index in [2.05, 4.69) is 5.32 Å². The third-order valence-corrected chi connectivity index (χ3v) is 2.53. The molecule has 0 saturated heterocycles. The van der Waals surface area contributed by atoms with Crippen molar-refractivity contribution < 1.29 is 5.11 Å². The summed E-state index contributed by atoms with van der Waals surface area (Å²) in [5.74, 6) is 0.321. The predicted molar refractivity (Wildman–Crippen MR) is 64.9 cm³/mol. The van der Waals surface area contributed by atoms with Gasteiger partial charge in [-0.1, -0.05) is 13.8 Å². The molecule has 1 aromatic carbocycles. The van der Waals surface area contributed by atoms with E-state index in [-0.39, 0.29) is 12.6 Å². The van der Waals surface area contributed by atoms with Crippen molar-refractivity contribution in [3.8, 4) is 6.07 Å². The molecule has 0 saturated carbocycles. The first-order valence-electron chi connectivity index (χ1n) is 5.25. The molecule has 0 amide bonds. The van der Waals surface area contributed by atoms with Crippen LogP contribution in [0.5, 0.6) is 0 Å². The molecular formula is C12H17N3O. The van der Waals surface area contributed by atoms with Gasteiger partial charge in [-0.2, -0.15) is 5.26 Å². The van der Waals surface area contributed by atoms with Crippen LogP contribution in [0.25, 0.3) is 0 Å². The van der Waals surface area contributed by atoms with Crippen LogP contribution in [0.15, 0.2) is 18.2 Å². The average molecular weight is 219 g/mol. The second kappa shape index (κ2) is 5.38. The molecule has 0 radical (unpaired) electrons. The maximum Gasteiger partial charge on any atom is 0.101 e. The van der Waals surface area contributed by atoms with E-state index in [0.717, 1.165) is 5.69 Å². The van der Waals surface area contributed by atoms with Gasteiger partial charge in [0.25, 0.3) is 0 Å². The minimum atomic E-state index is -0.00710. The lowest BCUT2D eigenvalue weighted by atomic mass is 10.0. The van der Waals surface area contributed by atoms with Crippen molar-refractivity contribution in [2.24, 2.45) is 5.92 Å². The number of benzene rings is 1. The second-order valence-electron chi connectivity index (χ2n) is 4.09. The van der Waals surface area contributed by atoms with E-state index in [1.54, 1.807) is 18.2 Å². The largest absolute Gasteiger partial charge is 0.398 e. The van der Waals surface area contributed by atoms with Gasteiger partial charge in [-0.25, -0.2) is 0 Å². The summed E-state index contributed by atoms with van der Waals surface area (Å²) in [5, 5.41) is 21.1. The van der Waals surface area contributed by atoms with E-state index in [4.69, 9.17) is 11.0 Å². The Morgan fingerprint density at radius 2 is 2.19 bits per heavy atom. The molecule has 4 nitrogen and oxygen atoms in total. The molecule has 0 aliphatic heterocycles. The van der Waals surface area contributed by atoms with Crippen LogP contribution < -0.4 is 11.1 Å². The van der Waals surface area contributed by atoms with Gasteiger partial charge in [0.2, 0.25) is 0 Å². The molecule has 0 heterocycles. The fourth-order valence-corrected chi connectivity index (χ4v) is 1.39. The van der Waals surface area contributed by atoms with E-state index >= 15 is 0 Å². The van der Waals surface area contributed by atoms with Crippen LogP contribution >= 0.6 is 0 Å². The van der Waals surface area contributed by atoms with Crippen molar-refractivity contribution in [1.29, 1.82) is 5.26 Å². The number of aliphatic hydroxyl groups excluding tert-OH is 1. The van der Waals surface area contributed by atoms with E-state index in [0.29, 0.717) is 17.2 Å². The number of nitrogens with zero attached hydrogens (tertiary/aromatic N) is 1. The van der Waals surface area contributed by atoms with E-state index in [1.807, 2.05) is 19.9 Å². The van der Waals surface area contributed by atoms with Crippen LogP contribution in [0.2, 0.25) is 0 Å². The Labute approximate surface area is 95.7 Å². The number of anilines is 2. The average Bonchev–Trinajstić information content (AvgIpc) is 2.25. The molecule has 1 atom stereocenters. The van der Waals surface area contributed by atoms with Crippen molar-refractivity contribution in [3.05, 3.63) is 23.8 Å². The van der Waals surface area contributed by atoms with Crippen LogP contribution in [0.1, 0.15) is 19.4 Å². The molecule has 1 aromatic rings. The SMILES string of the molecule is CC(C)C(CO)Nc1ccc(C#N)c(N)c1. The second-order valence-corrected chi connectivity index (χ2v) is 4.09. The number of hydrogen-bond donors (Lipinski definition) is 3. The van der Waals surface area contributed by atoms with Gasteiger partial charge in [0, 0.05) is 5.69 Å². The summed E-state index contributed by atoms with van der Waals surface area (Å²) in [6.07, 6.45) is 0. The number of nitrogens with two attached hydrogens (primary N) is 1. The van der Waals surface area contributed by atoms with E-state index < -0.39 is 0 Å². The Morgan fingerprint density at radius 1 is 1.50 bits per heavy atom. The van der Waals surface area contributed by atoms with Gasteiger partial charge in [0.05, 0.1) is 23.9 Å². The van der Waals surface area contributed by atoms with Gasteiger partial charge in [-0.15, -0.1) is 0 Å². The Kier molecular flexibility index (Phi) is 4.15. The highest BCUT2D eigenvalue weighted by Crippen LogP contribution is 2.19. The fourth-order valence-electron chi connectivity index (χ4n) is 1.39. The molecule has 86 valence electrons. The van der Waals surface area contributed by atoms with Crippen LogP contribution in [0, 0.1) is 17.2 Å². The summed E-state index contributed by atoms with van der Waals surface area (Å²) in [4.78, 5) is 0. The van der Waals surface area contributed by atoms with Crippen LogP contribution in [-0.4, -0.2) is 17.8 Å². The van der Waals surface area contributed by atoms with Gasteiger partial charge in [0.15, 0.2) is 0 Å². The first-order chi connectivity index (χ1) is 7.58. The zero-order valence-electron chi connectivity index (χ0n) is 9.57. The quantitative estimate of drug-likeness (QED) is 0.671. The highest BCUT2D eigenvalue weighted by Gasteiger charge is 2.11. The number of nitriles is 1. The summed E-state index contributed by atoms with van der Waals surface area (Å²) in [6, 6.07) is 7.18. The van der Waals surface area contributed by atoms with Crippen LogP contribution in [-0.2, 0) is 0 Å². The Hall–Kier alpha value is -1.73. The van der Waals surface area contributed by atoms with E-state index in [1.165, 1.54) is 0 Å². The minimum Gasteiger partial charge on any atom is -0.398 e. The first-order valence-corrected chi connectivity index (χ1v) is 5.25. The van der Waals surface area contributed by atoms with Crippen LogP contribution in [0.3, 0.4) is 0 Å². The third-order valence-electron chi connectivity index (χ3n) is 2.53. The van der Waals surface area contributed by atoms with Gasteiger partial charge in [-0.3, -0.25) is 0 Å². The lowest BCUT2D eigenvalue weighted by Gasteiger charge is -2.21. The molecule has 0 aliphatic rings. The van der Waals surface area contributed by atoms with Crippen molar-refractivity contribution in [2.45, 2.75) is 19.9 Å². The molecule has 16 heavy (non-hydrogen) atoms. The lowest BCUT2D eigenvalue weighted by Crippen LogP contribution is -2.29. The van der Waals surface area contributed by atoms with Crippen molar-refractivity contribution in [1.82, 2.24) is 0 Å².